The standard InChI is InChI=1S/C14H11ClIN3/c1-9(15)14-18-11-8-17-7-6-13(11)19(14)12-5-3-2-4-10(12)16/h2-9H,1H3. The first kappa shape index (κ1) is 12.9. The normalized spacial score (nSPS) is 12.8. The maximum atomic E-state index is 6.28. The number of hydrogen-bond donors (Lipinski definition) is 0. The molecule has 19 heavy (non-hydrogen) atoms. The zero-order chi connectivity index (χ0) is 13.4. The van der Waals surface area contributed by atoms with Crippen LogP contribution in [0.15, 0.2) is 42.7 Å². The van der Waals surface area contributed by atoms with Crippen molar-refractivity contribution >= 4 is 45.2 Å². The third kappa shape index (κ3) is 2.23. The molecule has 0 bridgehead atoms. The van der Waals surface area contributed by atoms with Crippen molar-refractivity contribution in [3.63, 3.8) is 0 Å². The highest BCUT2D eigenvalue weighted by Gasteiger charge is 2.17. The summed E-state index contributed by atoms with van der Waals surface area (Å²) < 4.78 is 3.27. The monoisotopic (exact) mass is 383 g/mol. The lowest BCUT2D eigenvalue weighted by Gasteiger charge is -2.12. The van der Waals surface area contributed by atoms with Crippen molar-refractivity contribution in [3.8, 4) is 5.69 Å². The minimum absolute atomic E-state index is 0.164. The lowest BCUT2D eigenvalue weighted by atomic mass is 10.3. The molecule has 0 radical (unpaired) electrons. The number of aromatic nitrogens is 3. The van der Waals surface area contributed by atoms with E-state index in [4.69, 9.17) is 11.6 Å². The predicted molar refractivity (Wildman–Crippen MR) is 85.9 cm³/mol. The molecule has 0 spiro atoms. The van der Waals surface area contributed by atoms with Gasteiger partial charge in [-0.15, -0.1) is 11.6 Å². The highest BCUT2D eigenvalue weighted by molar-refractivity contribution is 14.1. The van der Waals surface area contributed by atoms with E-state index in [1.54, 1.807) is 12.4 Å². The summed E-state index contributed by atoms with van der Waals surface area (Å²) in [7, 11) is 0. The van der Waals surface area contributed by atoms with Crippen LogP contribution in [0.4, 0.5) is 0 Å². The van der Waals surface area contributed by atoms with Crippen LogP contribution in [0.5, 0.6) is 0 Å². The molecule has 0 saturated carbocycles. The minimum Gasteiger partial charge on any atom is -0.294 e. The van der Waals surface area contributed by atoms with Gasteiger partial charge >= 0.3 is 0 Å². The molecule has 0 aliphatic heterocycles. The van der Waals surface area contributed by atoms with Crippen molar-refractivity contribution in [1.29, 1.82) is 0 Å². The Hall–Kier alpha value is -1.14. The van der Waals surface area contributed by atoms with E-state index in [1.807, 2.05) is 25.1 Å². The summed E-state index contributed by atoms with van der Waals surface area (Å²) in [5.74, 6) is 0.841. The van der Waals surface area contributed by atoms with Gasteiger partial charge in [0, 0.05) is 9.77 Å². The van der Waals surface area contributed by atoms with Crippen molar-refractivity contribution in [2.24, 2.45) is 0 Å². The Kier molecular flexibility index (Phi) is 3.45. The summed E-state index contributed by atoms with van der Waals surface area (Å²) in [5, 5.41) is -0.164. The Labute approximate surface area is 129 Å². The van der Waals surface area contributed by atoms with Crippen LogP contribution in [-0.4, -0.2) is 14.5 Å². The second kappa shape index (κ2) is 5.09. The molecule has 1 aromatic carbocycles. The van der Waals surface area contributed by atoms with Crippen LogP contribution in [0.25, 0.3) is 16.7 Å². The van der Waals surface area contributed by atoms with Gasteiger partial charge in [-0.2, -0.15) is 0 Å². The van der Waals surface area contributed by atoms with Gasteiger partial charge in [0.2, 0.25) is 0 Å². The van der Waals surface area contributed by atoms with E-state index in [2.05, 4.69) is 49.3 Å². The molecule has 2 aromatic heterocycles. The van der Waals surface area contributed by atoms with E-state index in [9.17, 15) is 0 Å². The molecule has 0 aliphatic rings. The Bertz CT molecular complexity index is 736. The van der Waals surface area contributed by atoms with E-state index in [0.717, 1.165) is 26.1 Å². The first-order valence-corrected chi connectivity index (χ1v) is 7.41. The number of halogens is 2. The van der Waals surface area contributed by atoms with Gasteiger partial charge in [-0.3, -0.25) is 9.55 Å². The number of hydrogen-bond acceptors (Lipinski definition) is 2. The van der Waals surface area contributed by atoms with Crippen molar-refractivity contribution in [1.82, 2.24) is 14.5 Å². The van der Waals surface area contributed by atoms with E-state index in [0.29, 0.717) is 0 Å². The summed E-state index contributed by atoms with van der Waals surface area (Å²) in [6, 6.07) is 10.2. The fraction of sp³-hybridized carbons (Fsp3) is 0.143. The Balaban J connectivity index is 2.38. The zero-order valence-electron chi connectivity index (χ0n) is 10.2. The summed E-state index contributed by atoms with van der Waals surface area (Å²) in [4.78, 5) is 8.72. The molecule has 0 fully saturated rings. The van der Waals surface area contributed by atoms with Gasteiger partial charge < -0.3 is 0 Å². The first-order chi connectivity index (χ1) is 9.18. The Morgan fingerprint density at radius 3 is 2.79 bits per heavy atom. The summed E-state index contributed by atoms with van der Waals surface area (Å²) in [5.41, 5.74) is 2.99. The molecular weight excluding hydrogens is 373 g/mol. The molecule has 2 heterocycles. The van der Waals surface area contributed by atoms with E-state index >= 15 is 0 Å². The fourth-order valence-electron chi connectivity index (χ4n) is 2.10. The second-order valence-corrected chi connectivity index (χ2v) is 6.05. The number of rotatable bonds is 2. The largest absolute Gasteiger partial charge is 0.294 e. The van der Waals surface area contributed by atoms with Gasteiger partial charge in [-0.25, -0.2) is 4.98 Å². The van der Waals surface area contributed by atoms with Gasteiger partial charge in [0.15, 0.2) is 0 Å². The highest BCUT2D eigenvalue weighted by atomic mass is 127. The number of alkyl halides is 1. The SMILES string of the molecule is CC(Cl)c1nc2cnccc2n1-c1ccccc1I. The topological polar surface area (TPSA) is 30.7 Å². The van der Waals surface area contributed by atoms with Crippen LogP contribution in [0.1, 0.15) is 18.1 Å². The van der Waals surface area contributed by atoms with Gasteiger partial charge in [-0.05, 0) is 47.7 Å². The molecule has 96 valence electrons. The van der Waals surface area contributed by atoms with Gasteiger partial charge in [-0.1, -0.05) is 12.1 Å². The molecular formula is C14H11ClIN3. The molecule has 5 heteroatoms. The van der Waals surface area contributed by atoms with Gasteiger partial charge in [0.1, 0.15) is 11.3 Å². The smallest absolute Gasteiger partial charge is 0.132 e. The summed E-state index contributed by atoms with van der Waals surface area (Å²) in [6.07, 6.45) is 3.55. The van der Waals surface area contributed by atoms with E-state index < -0.39 is 0 Å². The van der Waals surface area contributed by atoms with Crippen LogP contribution < -0.4 is 0 Å². The lowest BCUT2D eigenvalue weighted by Crippen LogP contribution is -2.03. The molecule has 0 amide bonds. The molecule has 3 aromatic rings. The number of benzene rings is 1. The number of imidazole rings is 1. The Morgan fingerprint density at radius 2 is 2.05 bits per heavy atom. The molecule has 1 atom stereocenters. The number of fused-ring (bicyclic) bond motifs is 1. The van der Waals surface area contributed by atoms with Crippen molar-refractivity contribution in [3.05, 3.63) is 52.1 Å². The molecule has 0 saturated heterocycles. The van der Waals surface area contributed by atoms with Crippen LogP contribution in [-0.2, 0) is 0 Å². The molecule has 0 N–H and O–H groups in total. The number of nitrogens with zero attached hydrogens (tertiary/aromatic N) is 3. The maximum Gasteiger partial charge on any atom is 0.132 e. The third-order valence-electron chi connectivity index (χ3n) is 2.93. The number of pyridine rings is 1. The van der Waals surface area contributed by atoms with Crippen molar-refractivity contribution in [2.75, 3.05) is 0 Å². The average molecular weight is 384 g/mol. The maximum absolute atomic E-state index is 6.28. The zero-order valence-corrected chi connectivity index (χ0v) is 13.1. The molecule has 3 nitrogen and oxygen atoms in total. The molecule has 3 rings (SSSR count). The number of para-hydroxylation sites is 1. The van der Waals surface area contributed by atoms with Crippen LogP contribution >= 0.6 is 34.2 Å². The van der Waals surface area contributed by atoms with Gasteiger partial charge in [0.05, 0.1) is 22.8 Å². The summed E-state index contributed by atoms with van der Waals surface area (Å²) >= 11 is 8.60. The molecule has 0 aliphatic carbocycles. The van der Waals surface area contributed by atoms with Crippen molar-refractivity contribution < 1.29 is 0 Å². The third-order valence-corrected chi connectivity index (χ3v) is 4.04. The van der Waals surface area contributed by atoms with Gasteiger partial charge in [0.25, 0.3) is 0 Å². The quantitative estimate of drug-likeness (QED) is 0.487. The summed E-state index contributed by atoms with van der Waals surface area (Å²) in [6.45, 7) is 1.93. The highest BCUT2D eigenvalue weighted by Crippen LogP contribution is 2.29. The first-order valence-electron chi connectivity index (χ1n) is 5.90. The van der Waals surface area contributed by atoms with E-state index in [-0.39, 0.29) is 5.38 Å². The van der Waals surface area contributed by atoms with Crippen molar-refractivity contribution in [2.45, 2.75) is 12.3 Å². The second-order valence-electron chi connectivity index (χ2n) is 4.24. The minimum atomic E-state index is -0.164. The van der Waals surface area contributed by atoms with E-state index in [1.165, 1.54) is 0 Å². The van der Waals surface area contributed by atoms with Crippen LogP contribution in [0.3, 0.4) is 0 Å². The average Bonchev–Trinajstić information content (AvgIpc) is 2.79. The lowest BCUT2D eigenvalue weighted by molar-refractivity contribution is 0.880. The molecule has 1 unspecified atom stereocenters. The Morgan fingerprint density at radius 1 is 1.26 bits per heavy atom. The fourth-order valence-corrected chi connectivity index (χ4v) is 2.88. The predicted octanol–water partition coefficient (Wildman–Crippen LogP) is 4.32. The van der Waals surface area contributed by atoms with Crippen LogP contribution in [0.2, 0.25) is 0 Å². The van der Waals surface area contributed by atoms with Crippen LogP contribution in [0, 0.1) is 3.57 Å².